The molecule has 2 amide bonds. The molecule has 2 aromatic carbocycles. The van der Waals surface area contributed by atoms with Crippen molar-refractivity contribution in [3.8, 4) is 5.75 Å². The summed E-state index contributed by atoms with van der Waals surface area (Å²) in [6.45, 7) is 4.05. The van der Waals surface area contributed by atoms with Gasteiger partial charge in [-0.1, -0.05) is 29.8 Å². The van der Waals surface area contributed by atoms with E-state index in [1.165, 1.54) is 6.92 Å². The number of carbonyl (C=O) groups is 2. The number of nitrogens with one attached hydrogen (secondary N) is 2. The Morgan fingerprint density at radius 2 is 1.96 bits per heavy atom. The average Bonchev–Trinajstić information content (AvgIpc) is 2.55. The Bertz CT molecular complexity index is 747. The van der Waals surface area contributed by atoms with Gasteiger partial charge >= 0.3 is 6.03 Å². The summed E-state index contributed by atoms with van der Waals surface area (Å²) in [5.41, 5.74) is 2.15. The van der Waals surface area contributed by atoms with Gasteiger partial charge in [0.05, 0.1) is 11.6 Å². The molecule has 24 heavy (non-hydrogen) atoms. The van der Waals surface area contributed by atoms with E-state index < -0.39 is 0 Å². The molecule has 0 saturated carbocycles. The summed E-state index contributed by atoms with van der Waals surface area (Å²) in [7, 11) is 0. The molecule has 5 nitrogen and oxygen atoms in total. The first-order valence-corrected chi connectivity index (χ1v) is 7.88. The van der Waals surface area contributed by atoms with E-state index in [0.717, 1.165) is 5.56 Å². The van der Waals surface area contributed by atoms with Gasteiger partial charge in [-0.25, -0.2) is 4.79 Å². The smallest absolute Gasteiger partial charge is 0.319 e. The van der Waals surface area contributed by atoms with Crippen LogP contribution in [0.5, 0.6) is 5.75 Å². The van der Waals surface area contributed by atoms with E-state index in [9.17, 15) is 9.59 Å². The molecule has 0 bridgehead atoms. The molecule has 126 valence electrons. The van der Waals surface area contributed by atoms with E-state index in [2.05, 4.69) is 10.6 Å². The quantitative estimate of drug-likeness (QED) is 0.612. The Kier molecular flexibility index (Phi) is 6.21. The molecule has 0 unspecified atom stereocenters. The molecule has 0 fully saturated rings. The summed E-state index contributed by atoms with van der Waals surface area (Å²) in [5, 5.41) is 5.89. The molecule has 6 heteroatoms. The zero-order valence-corrected chi connectivity index (χ0v) is 14.3. The van der Waals surface area contributed by atoms with Crippen LogP contribution in [0.15, 0.2) is 42.5 Å². The summed E-state index contributed by atoms with van der Waals surface area (Å²) < 4.78 is 5.55. The predicted octanol–water partition coefficient (Wildman–Crippen LogP) is 4.05. The second-order valence-corrected chi connectivity index (χ2v) is 5.71. The Morgan fingerprint density at radius 1 is 1.17 bits per heavy atom. The maximum atomic E-state index is 11.8. The van der Waals surface area contributed by atoms with E-state index in [1.807, 2.05) is 19.1 Å². The largest absolute Gasteiger partial charge is 0.490 e. The number of amides is 2. The van der Waals surface area contributed by atoms with Crippen molar-refractivity contribution in [3.05, 3.63) is 58.6 Å². The molecule has 2 aromatic rings. The zero-order chi connectivity index (χ0) is 17.5. The van der Waals surface area contributed by atoms with Crippen LogP contribution in [0.3, 0.4) is 0 Å². The van der Waals surface area contributed by atoms with E-state index in [1.54, 1.807) is 30.3 Å². The minimum atomic E-state index is -0.366. The topological polar surface area (TPSA) is 67.4 Å². The maximum Gasteiger partial charge on any atom is 0.319 e. The van der Waals surface area contributed by atoms with Crippen molar-refractivity contribution in [1.82, 2.24) is 5.32 Å². The van der Waals surface area contributed by atoms with Gasteiger partial charge in [0, 0.05) is 11.3 Å². The molecular formula is C18H19ClN2O3. The highest BCUT2D eigenvalue weighted by molar-refractivity contribution is 6.32. The molecule has 0 atom stereocenters. The summed E-state index contributed by atoms with van der Waals surface area (Å²) in [4.78, 5) is 23.2. The first kappa shape index (κ1) is 17.8. The summed E-state index contributed by atoms with van der Waals surface area (Å²) in [5.74, 6) is 0.538. The fourth-order valence-corrected chi connectivity index (χ4v) is 2.21. The number of hydrogen-bond acceptors (Lipinski definition) is 3. The first-order chi connectivity index (χ1) is 11.5. The van der Waals surface area contributed by atoms with Crippen molar-refractivity contribution in [3.63, 3.8) is 0 Å². The summed E-state index contributed by atoms with van der Waals surface area (Å²) >= 11 is 6.03. The molecule has 0 aromatic heterocycles. The van der Waals surface area contributed by atoms with E-state index in [-0.39, 0.29) is 11.8 Å². The van der Waals surface area contributed by atoms with Crippen molar-refractivity contribution in [2.75, 3.05) is 18.5 Å². The van der Waals surface area contributed by atoms with E-state index in [4.69, 9.17) is 16.3 Å². The molecule has 0 saturated heterocycles. The number of ether oxygens (including phenoxy) is 1. The molecular weight excluding hydrogens is 328 g/mol. The molecule has 2 N–H and O–H groups in total. The standard InChI is InChI=1S/C18H19ClN2O3/c1-12-6-7-16(19)17(10-12)24-9-8-20-18(23)21-15-5-3-4-14(11-15)13(2)22/h3-7,10-11H,8-9H2,1-2H3,(H2,20,21,23). The Morgan fingerprint density at radius 3 is 2.71 bits per heavy atom. The SMILES string of the molecule is CC(=O)c1cccc(NC(=O)NCCOc2cc(C)ccc2Cl)c1. The maximum absolute atomic E-state index is 11.8. The second-order valence-electron chi connectivity index (χ2n) is 5.30. The molecule has 0 aliphatic heterocycles. The minimum absolute atomic E-state index is 0.0532. The highest BCUT2D eigenvalue weighted by Crippen LogP contribution is 2.24. The van der Waals surface area contributed by atoms with Gasteiger partial charge in [0.25, 0.3) is 0 Å². The lowest BCUT2D eigenvalue weighted by Crippen LogP contribution is -2.32. The molecule has 0 aliphatic rings. The van der Waals surface area contributed by atoms with Crippen LogP contribution < -0.4 is 15.4 Å². The van der Waals surface area contributed by atoms with Gasteiger partial charge < -0.3 is 15.4 Å². The fourth-order valence-electron chi connectivity index (χ4n) is 2.04. The number of aryl methyl sites for hydroxylation is 1. The fraction of sp³-hybridized carbons (Fsp3) is 0.222. The number of benzene rings is 2. The van der Waals surface area contributed by atoms with Gasteiger partial charge in [-0.15, -0.1) is 0 Å². The van der Waals surface area contributed by atoms with Crippen LogP contribution in [-0.2, 0) is 0 Å². The van der Waals surface area contributed by atoms with Gasteiger partial charge in [-0.05, 0) is 43.7 Å². The molecule has 0 aliphatic carbocycles. The lowest BCUT2D eigenvalue weighted by Gasteiger charge is -2.11. The van der Waals surface area contributed by atoms with Crippen molar-refractivity contribution in [2.45, 2.75) is 13.8 Å². The highest BCUT2D eigenvalue weighted by Gasteiger charge is 2.05. The average molecular weight is 347 g/mol. The number of rotatable bonds is 6. The van der Waals surface area contributed by atoms with Crippen LogP contribution in [0.25, 0.3) is 0 Å². The van der Waals surface area contributed by atoms with Gasteiger partial charge in [-0.2, -0.15) is 0 Å². The number of anilines is 1. The summed E-state index contributed by atoms with van der Waals surface area (Å²) in [6, 6.07) is 11.9. The third-order valence-electron chi connectivity index (χ3n) is 3.26. The van der Waals surface area contributed by atoms with Crippen molar-refractivity contribution in [2.24, 2.45) is 0 Å². The minimum Gasteiger partial charge on any atom is -0.490 e. The number of halogens is 1. The van der Waals surface area contributed by atoms with Crippen molar-refractivity contribution >= 4 is 29.1 Å². The van der Waals surface area contributed by atoms with Crippen LogP contribution in [0.1, 0.15) is 22.8 Å². The monoisotopic (exact) mass is 346 g/mol. The van der Waals surface area contributed by atoms with E-state index >= 15 is 0 Å². The predicted molar refractivity (Wildman–Crippen MR) is 95.2 cm³/mol. The van der Waals surface area contributed by atoms with Crippen molar-refractivity contribution in [1.29, 1.82) is 0 Å². The third-order valence-corrected chi connectivity index (χ3v) is 3.57. The Balaban J connectivity index is 1.78. The molecule has 0 spiro atoms. The first-order valence-electron chi connectivity index (χ1n) is 7.50. The van der Waals surface area contributed by atoms with Crippen LogP contribution >= 0.6 is 11.6 Å². The second kappa shape index (κ2) is 8.36. The third kappa shape index (κ3) is 5.28. The number of carbonyl (C=O) groups excluding carboxylic acids is 2. The Hall–Kier alpha value is -2.53. The van der Waals surface area contributed by atoms with Gasteiger partial charge in [0.2, 0.25) is 0 Å². The van der Waals surface area contributed by atoms with Crippen LogP contribution in [0.4, 0.5) is 10.5 Å². The number of ketones is 1. The highest BCUT2D eigenvalue weighted by atomic mass is 35.5. The van der Waals surface area contributed by atoms with Gasteiger partial charge in [0.1, 0.15) is 12.4 Å². The normalized spacial score (nSPS) is 10.1. The van der Waals surface area contributed by atoms with Crippen LogP contribution in [0, 0.1) is 6.92 Å². The summed E-state index contributed by atoms with van der Waals surface area (Å²) in [6.07, 6.45) is 0. The van der Waals surface area contributed by atoms with Gasteiger partial charge in [-0.3, -0.25) is 4.79 Å². The van der Waals surface area contributed by atoms with Crippen LogP contribution in [-0.4, -0.2) is 25.0 Å². The van der Waals surface area contributed by atoms with Gasteiger partial charge in [0.15, 0.2) is 5.78 Å². The lowest BCUT2D eigenvalue weighted by molar-refractivity contribution is 0.101. The molecule has 0 radical (unpaired) electrons. The van der Waals surface area contributed by atoms with Crippen molar-refractivity contribution < 1.29 is 14.3 Å². The number of urea groups is 1. The Labute approximate surface area is 146 Å². The zero-order valence-electron chi connectivity index (χ0n) is 13.6. The number of Topliss-reactive ketones (excluding diaryl/α,β-unsaturated/α-hetero) is 1. The van der Waals surface area contributed by atoms with E-state index in [0.29, 0.717) is 35.2 Å². The lowest BCUT2D eigenvalue weighted by atomic mass is 10.1. The van der Waals surface area contributed by atoms with Crippen LogP contribution in [0.2, 0.25) is 5.02 Å². The molecule has 0 heterocycles. The number of hydrogen-bond donors (Lipinski definition) is 2. The molecule has 2 rings (SSSR count).